The van der Waals surface area contributed by atoms with Crippen LogP contribution in [0.5, 0.6) is 0 Å². The molecule has 0 N–H and O–H groups in total. The SMILES string of the molecule is CCCCCCCCCCCCCCCCN(C(C)(C)CC(C)(C)C)C(C)(C)CC(C)(C)C. The average Bonchev–Trinajstić information content (AvgIpc) is 2.60. The molecule has 1 heteroatoms. The van der Waals surface area contributed by atoms with Crippen molar-refractivity contribution in [2.75, 3.05) is 6.54 Å². The number of unbranched alkanes of at least 4 members (excludes halogenated alkanes) is 13. The standard InChI is InChI=1S/C32H67N/c1-12-13-14-15-16-17-18-19-20-21-22-23-24-25-26-33(31(8,9)27-29(2,3)4)32(10,11)28-30(5,6)7/h12-28H2,1-11H3. The van der Waals surface area contributed by atoms with Crippen LogP contribution in [0.2, 0.25) is 0 Å². The summed E-state index contributed by atoms with van der Waals surface area (Å²) in [4.78, 5) is 2.87. The van der Waals surface area contributed by atoms with Crippen LogP contribution in [0.4, 0.5) is 0 Å². The summed E-state index contributed by atoms with van der Waals surface area (Å²) in [5.41, 5.74) is 1.16. The lowest BCUT2D eigenvalue weighted by atomic mass is 9.75. The van der Waals surface area contributed by atoms with E-state index in [9.17, 15) is 0 Å². The van der Waals surface area contributed by atoms with Gasteiger partial charge in [0.25, 0.3) is 0 Å². The zero-order valence-electron chi connectivity index (χ0n) is 25.5. The molecule has 33 heavy (non-hydrogen) atoms. The number of hydrogen-bond donors (Lipinski definition) is 0. The first-order valence-electron chi connectivity index (χ1n) is 14.9. The van der Waals surface area contributed by atoms with Crippen LogP contribution in [-0.4, -0.2) is 22.5 Å². The zero-order valence-corrected chi connectivity index (χ0v) is 25.5. The minimum Gasteiger partial charge on any atom is -0.293 e. The van der Waals surface area contributed by atoms with Crippen molar-refractivity contribution < 1.29 is 0 Å². The molecule has 0 saturated carbocycles. The quantitative estimate of drug-likeness (QED) is 0.171. The molecule has 0 aliphatic carbocycles. The first-order chi connectivity index (χ1) is 15.1. The summed E-state index contributed by atoms with van der Waals surface area (Å²) in [5.74, 6) is 0. The Morgan fingerprint density at radius 2 is 0.667 bits per heavy atom. The zero-order chi connectivity index (χ0) is 25.6. The molecule has 0 fully saturated rings. The van der Waals surface area contributed by atoms with Crippen molar-refractivity contribution in [2.24, 2.45) is 10.8 Å². The largest absolute Gasteiger partial charge is 0.293 e. The Balaban J connectivity index is 4.35. The molecule has 0 aliphatic rings. The summed E-state index contributed by atoms with van der Waals surface area (Å²) < 4.78 is 0. The molecule has 0 atom stereocenters. The molecule has 0 aromatic heterocycles. The van der Waals surface area contributed by atoms with Gasteiger partial charge in [0.1, 0.15) is 0 Å². The molecular weight excluding hydrogens is 398 g/mol. The van der Waals surface area contributed by atoms with Crippen molar-refractivity contribution in [1.82, 2.24) is 4.90 Å². The van der Waals surface area contributed by atoms with E-state index in [1.165, 1.54) is 109 Å². The van der Waals surface area contributed by atoms with Gasteiger partial charge in [-0.1, -0.05) is 132 Å². The second kappa shape index (κ2) is 15.9. The van der Waals surface area contributed by atoms with Crippen LogP contribution in [0.3, 0.4) is 0 Å². The van der Waals surface area contributed by atoms with Crippen molar-refractivity contribution >= 4 is 0 Å². The number of hydrogen-bond acceptors (Lipinski definition) is 1. The maximum Gasteiger partial charge on any atom is 0.0163 e. The van der Waals surface area contributed by atoms with Gasteiger partial charge in [-0.05, 0) is 64.3 Å². The third-order valence-corrected chi connectivity index (χ3v) is 7.12. The van der Waals surface area contributed by atoms with Gasteiger partial charge >= 0.3 is 0 Å². The molecule has 0 aromatic rings. The van der Waals surface area contributed by atoms with Crippen LogP contribution in [0.25, 0.3) is 0 Å². The van der Waals surface area contributed by atoms with Gasteiger partial charge in [-0.25, -0.2) is 0 Å². The minimum atomic E-state index is 0.226. The molecule has 0 aromatic carbocycles. The van der Waals surface area contributed by atoms with Crippen LogP contribution >= 0.6 is 0 Å². The molecule has 0 aliphatic heterocycles. The van der Waals surface area contributed by atoms with Gasteiger partial charge in [-0.15, -0.1) is 0 Å². The van der Waals surface area contributed by atoms with Crippen LogP contribution in [0.15, 0.2) is 0 Å². The molecule has 0 radical (unpaired) electrons. The molecule has 0 bridgehead atoms. The first-order valence-corrected chi connectivity index (χ1v) is 14.9. The molecule has 0 spiro atoms. The molecule has 0 rings (SSSR count). The molecule has 1 nitrogen and oxygen atoms in total. The van der Waals surface area contributed by atoms with E-state index in [-0.39, 0.29) is 11.1 Å². The number of nitrogens with zero attached hydrogens (tertiary/aromatic N) is 1. The number of rotatable bonds is 19. The van der Waals surface area contributed by atoms with Crippen LogP contribution in [0.1, 0.15) is 179 Å². The van der Waals surface area contributed by atoms with Gasteiger partial charge in [0.2, 0.25) is 0 Å². The van der Waals surface area contributed by atoms with Crippen molar-refractivity contribution in [2.45, 2.75) is 190 Å². The van der Waals surface area contributed by atoms with Crippen molar-refractivity contribution in [3.63, 3.8) is 0 Å². The minimum absolute atomic E-state index is 0.226. The summed E-state index contributed by atoms with van der Waals surface area (Å²) >= 11 is 0. The second-order valence-electron chi connectivity index (χ2n) is 14.8. The predicted molar refractivity (Wildman–Crippen MR) is 153 cm³/mol. The third kappa shape index (κ3) is 18.0. The van der Waals surface area contributed by atoms with E-state index >= 15 is 0 Å². The lowest BCUT2D eigenvalue weighted by Gasteiger charge is -2.52. The van der Waals surface area contributed by atoms with Gasteiger partial charge in [-0.2, -0.15) is 0 Å². The fourth-order valence-electron chi connectivity index (χ4n) is 6.68. The molecule has 0 amide bonds. The third-order valence-electron chi connectivity index (χ3n) is 7.12. The predicted octanol–water partition coefficient (Wildman–Crippen LogP) is 11.2. The van der Waals surface area contributed by atoms with Crippen LogP contribution in [-0.2, 0) is 0 Å². The Morgan fingerprint density at radius 1 is 0.394 bits per heavy atom. The van der Waals surface area contributed by atoms with Gasteiger partial charge in [0, 0.05) is 11.1 Å². The van der Waals surface area contributed by atoms with E-state index in [1.54, 1.807) is 0 Å². The van der Waals surface area contributed by atoms with E-state index in [2.05, 4.69) is 81.1 Å². The fraction of sp³-hybridized carbons (Fsp3) is 1.00. The monoisotopic (exact) mass is 466 g/mol. The Labute approximate surface area is 212 Å². The summed E-state index contributed by atoms with van der Waals surface area (Å²) in [6, 6.07) is 0. The highest BCUT2D eigenvalue weighted by molar-refractivity contribution is 4.96. The second-order valence-corrected chi connectivity index (χ2v) is 14.8. The van der Waals surface area contributed by atoms with E-state index < -0.39 is 0 Å². The molecule has 0 unspecified atom stereocenters. The van der Waals surface area contributed by atoms with Crippen LogP contribution < -0.4 is 0 Å². The molecular formula is C32H67N. The van der Waals surface area contributed by atoms with E-state index in [0.29, 0.717) is 10.8 Å². The Kier molecular flexibility index (Phi) is 15.8. The highest BCUT2D eigenvalue weighted by atomic mass is 15.2. The van der Waals surface area contributed by atoms with Gasteiger partial charge in [0.15, 0.2) is 0 Å². The van der Waals surface area contributed by atoms with E-state index in [4.69, 9.17) is 0 Å². The van der Waals surface area contributed by atoms with Crippen LogP contribution in [0, 0.1) is 10.8 Å². The topological polar surface area (TPSA) is 3.24 Å². The van der Waals surface area contributed by atoms with E-state index in [1.807, 2.05) is 0 Å². The Morgan fingerprint density at radius 3 is 0.939 bits per heavy atom. The smallest absolute Gasteiger partial charge is 0.0163 e. The summed E-state index contributed by atoms with van der Waals surface area (Å²) in [7, 11) is 0. The molecule has 200 valence electrons. The molecule has 0 saturated heterocycles. The Bertz CT molecular complexity index is 432. The highest BCUT2D eigenvalue weighted by Crippen LogP contribution is 2.40. The Hall–Kier alpha value is -0.0400. The maximum absolute atomic E-state index is 2.87. The normalized spacial score (nSPS) is 13.8. The van der Waals surface area contributed by atoms with Gasteiger partial charge in [-0.3, -0.25) is 4.90 Å². The molecule has 0 heterocycles. The lowest BCUT2D eigenvalue weighted by molar-refractivity contribution is -0.0266. The van der Waals surface area contributed by atoms with Crippen molar-refractivity contribution in [3.05, 3.63) is 0 Å². The van der Waals surface area contributed by atoms with Gasteiger partial charge in [0.05, 0.1) is 0 Å². The first kappa shape index (κ1) is 33.0. The summed E-state index contributed by atoms with van der Waals surface area (Å²) in [5, 5.41) is 0. The van der Waals surface area contributed by atoms with Crippen molar-refractivity contribution in [3.8, 4) is 0 Å². The summed E-state index contributed by atoms with van der Waals surface area (Å²) in [6.45, 7) is 27.9. The maximum atomic E-state index is 2.87. The fourth-order valence-corrected chi connectivity index (χ4v) is 6.68. The average molecular weight is 466 g/mol. The van der Waals surface area contributed by atoms with Gasteiger partial charge < -0.3 is 0 Å². The lowest BCUT2D eigenvalue weighted by Crippen LogP contribution is -2.58. The highest BCUT2D eigenvalue weighted by Gasteiger charge is 2.41. The van der Waals surface area contributed by atoms with E-state index in [0.717, 1.165) is 0 Å². The summed E-state index contributed by atoms with van der Waals surface area (Å²) in [6.07, 6.45) is 22.6. The van der Waals surface area contributed by atoms with Crippen molar-refractivity contribution in [1.29, 1.82) is 0 Å².